The lowest BCUT2D eigenvalue weighted by Gasteiger charge is -2.27. The van der Waals surface area contributed by atoms with Gasteiger partial charge in [0.1, 0.15) is 21.8 Å². The number of hydrogen-bond donors (Lipinski definition) is 3. The van der Waals surface area contributed by atoms with Gasteiger partial charge >= 0.3 is 0 Å². The number of methoxy groups -OCH3 is 1. The summed E-state index contributed by atoms with van der Waals surface area (Å²) in [6.07, 6.45) is 0. The Morgan fingerprint density at radius 3 is 2.29 bits per heavy atom. The van der Waals surface area contributed by atoms with Crippen molar-refractivity contribution in [3.05, 3.63) is 81.9 Å². The van der Waals surface area contributed by atoms with Crippen LogP contribution in [0.4, 0.5) is 5.69 Å². The maximum absolute atomic E-state index is 14.5. The second-order valence-electron chi connectivity index (χ2n) is 11.6. The van der Waals surface area contributed by atoms with Crippen molar-refractivity contribution in [2.75, 3.05) is 31.1 Å². The van der Waals surface area contributed by atoms with Crippen LogP contribution in [0.2, 0.25) is 5.02 Å². The third-order valence-corrected chi connectivity index (χ3v) is 9.34. The monoisotopic (exact) mass is 656 g/mol. The van der Waals surface area contributed by atoms with Gasteiger partial charge in [-0.1, -0.05) is 11.6 Å². The van der Waals surface area contributed by atoms with E-state index in [1.54, 1.807) is 26.0 Å². The lowest BCUT2D eigenvalue weighted by atomic mass is 9.76. The minimum Gasteiger partial charge on any atom is -0.495 e. The minimum absolute atomic E-state index is 0.0802. The van der Waals surface area contributed by atoms with Crippen LogP contribution in [0.25, 0.3) is 0 Å². The second-order valence-corrected chi connectivity index (χ2v) is 13.8. The van der Waals surface area contributed by atoms with Gasteiger partial charge in [0, 0.05) is 40.3 Å². The standard InChI is InChI=1S/C32H37ClN4O7S/c1-7-44-21-10-12-25-23(18-21)32(5,22-16-19(8-11-24(22)33)28(38)35-15-14-34)30(40)37(25)45(41,42)27-13-9-20(17-26(27)43-6)29(39)36-31(2,3)4/h8-13,16-18H,7,14-15,34H2,1-6H3,(H,35,38)(H,36,39). The number of rotatable bonds is 10. The molecule has 11 nitrogen and oxygen atoms in total. The predicted octanol–water partition coefficient (Wildman–Crippen LogP) is 4.01. The fourth-order valence-electron chi connectivity index (χ4n) is 5.15. The smallest absolute Gasteiger partial charge is 0.274 e. The number of carbonyl (C=O) groups excluding carboxylic acids is 3. The molecule has 1 unspecified atom stereocenters. The number of fused-ring (bicyclic) bond motifs is 1. The quantitative estimate of drug-likeness (QED) is 0.296. The van der Waals surface area contributed by atoms with Crippen LogP contribution in [0.1, 0.15) is 66.5 Å². The number of nitrogens with one attached hydrogen (secondary N) is 2. The fraction of sp³-hybridized carbons (Fsp3) is 0.344. The lowest BCUT2D eigenvalue weighted by molar-refractivity contribution is -0.120. The summed E-state index contributed by atoms with van der Waals surface area (Å²) in [7, 11) is -3.35. The van der Waals surface area contributed by atoms with Crippen molar-refractivity contribution in [2.45, 2.75) is 50.5 Å². The van der Waals surface area contributed by atoms with E-state index in [1.807, 2.05) is 20.8 Å². The van der Waals surface area contributed by atoms with E-state index in [4.69, 9.17) is 26.8 Å². The van der Waals surface area contributed by atoms with Crippen LogP contribution >= 0.6 is 11.6 Å². The van der Waals surface area contributed by atoms with Crippen molar-refractivity contribution in [1.82, 2.24) is 10.6 Å². The first-order valence-corrected chi connectivity index (χ1v) is 16.1. The molecule has 3 aromatic carbocycles. The van der Waals surface area contributed by atoms with E-state index in [-0.39, 0.29) is 51.1 Å². The molecule has 0 saturated carbocycles. The number of anilines is 1. The molecule has 3 amide bonds. The zero-order chi connectivity index (χ0) is 33.3. The van der Waals surface area contributed by atoms with E-state index in [9.17, 15) is 22.8 Å². The molecule has 1 aliphatic heterocycles. The van der Waals surface area contributed by atoms with Gasteiger partial charge in [0.05, 0.1) is 19.4 Å². The van der Waals surface area contributed by atoms with Crippen molar-refractivity contribution in [2.24, 2.45) is 5.73 Å². The molecule has 0 aliphatic carbocycles. The lowest BCUT2D eigenvalue weighted by Crippen LogP contribution is -2.43. The van der Waals surface area contributed by atoms with Gasteiger partial charge in [-0.2, -0.15) is 0 Å². The maximum atomic E-state index is 14.5. The number of ether oxygens (including phenoxy) is 2. The normalized spacial score (nSPS) is 16.3. The highest BCUT2D eigenvalue weighted by Gasteiger charge is 2.54. The number of amides is 3. The Bertz CT molecular complexity index is 1770. The van der Waals surface area contributed by atoms with E-state index >= 15 is 0 Å². The Hall–Kier alpha value is -4.13. The SMILES string of the molecule is CCOc1ccc2c(c1)C(C)(c1cc(C(=O)NCCN)ccc1Cl)C(=O)N2S(=O)(=O)c1ccc(C(=O)NC(C)(C)C)cc1OC. The summed E-state index contributed by atoms with van der Waals surface area (Å²) in [6.45, 7) is 9.60. The van der Waals surface area contributed by atoms with Gasteiger partial charge in [0.25, 0.3) is 27.7 Å². The number of nitrogens with zero attached hydrogens (tertiary/aromatic N) is 1. The van der Waals surface area contributed by atoms with Crippen LogP contribution in [0.5, 0.6) is 11.5 Å². The molecule has 0 aromatic heterocycles. The van der Waals surface area contributed by atoms with Gasteiger partial charge in [-0.3, -0.25) is 14.4 Å². The molecule has 3 aromatic rings. The Morgan fingerprint density at radius 2 is 1.67 bits per heavy atom. The molecule has 4 N–H and O–H groups in total. The molecule has 0 fully saturated rings. The van der Waals surface area contributed by atoms with Gasteiger partial charge in [0.2, 0.25) is 0 Å². The molecular formula is C32H37ClN4O7S. The molecule has 1 aliphatic rings. The second kappa shape index (κ2) is 12.7. The molecule has 0 saturated heterocycles. The van der Waals surface area contributed by atoms with Gasteiger partial charge in [0.15, 0.2) is 0 Å². The molecule has 1 heterocycles. The van der Waals surface area contributed by atoms with Crippen molar-refractivity contribution < 1.29 is 32.3 Å². The van der Waals surface area contributed by atoms with Gasteiger partial charge < -0.3 is 25.8 Å². The number of sulfonamides is 1. The van der Waals surface area contributed by atoms with Crippen LogP contribution in [-0.2, 0) is 20.2 Å². The third-order valence-electron chi connectivity index (χ3n) is 7.28. The van der Waals surface area contributed by atoms with Crippen molar-refractivity contribution in [3.8, 4) is 11.5 Å². The summed E-state index contributed by atoms with van der Waals surface area (Å²) >= 11 is 6.67. The van der Waals surface area contributed by atoms with Gasteiger partial charge in [-0.15, -0.1) is 0 Å². The fourth-order valence-corrected chi connectivity index (χ4v) is 7.11. The molecule has 240 valence electrons. The molecule has 0 bridgehead atoms. The van der Waals surface area contributed by atoms with E-state index in [0.29, 0.717) is 22.2 Å². The Labute approximate surface area is 268 Å². The van der Waals surface area contributed by atoms with Crippen LogP contribution in [0.15, 0.2) is 59.5 Å². The largest absolute Gasteiger partial charge is 0.495 e. The average Bonchev–Trinajstić information content (AvgIpc) is 3.21. The first-order valence-electron chi connectivity index (χ1n) is 14.3. The maximum Gasteiger partial charge on any atom is 0.274 e. The highest BCUT2D eigenvalue weighted by atomic mass is 35.5. The summed E-state index contributed by atoms with van der Waals surface area (Å²) < 4.78 is 40.6. The van der Waals surface area contributed by atoms with E-state index in [1.165, 1.54) is 49.6 Å². The zero-order valence-electron chi connectivity index (χ0n) is 26.0. The van der Waals surface area contributed by atoms with Crippen LogP contribution in [0, 0.1) is 0 Å². The molecule has 1 atom stereocenters. The number of benzene rings is 3. The van der Waals surface area contributed by atoms with Crippen molar-refractivity contribution in [1.29, 1.82) is 0 Å². The van der Waals surface area contributed by atoms with E-state index < -0.39 is 38.7 Å². The highest BCUT2D eigenvalue weighted by Crippen LogP contribution is 2.51. The highest BCUT2D eigenvalue weighted by molar-refractivity contribution is 7.93. The number of halogens is 1. The molecule has 4 rings (SSSR count). The molecule has 0 radical (unpaired) electrons. The third kappa shape index (κ3) is 6.35. The van der Waals surface area contributed by atoms with E-state index in [2.05, 4.69) is 10.6 Å². The predicted molar refractivity (Wildman–Crippen MR) is 172 cm³/mol. The van der Waals surface area contributed by atoms with Crippen LogP contribution < -0.4 is 30.1 Å². The molecule has 45 heavy (non-hydrogen) atoms. The summed E-state index contributed by atoms with van der Waals surface area (Å²) in [5, 5.41) is 5.66. The Morgan fingerprint density at radius 1 is 1.00 bits per heavy atom. The van der Waals surface area contributed by atoms with Crippen molar-refractivity contribution in [3.63, 3.8) is 0 Å². The first kappa shape index (κ1) is 33.8. The molecule has 13 heteroatoms. The van der Waals surface area contributed by atoms with Crippen molar-refractivity contribution >= 4 is 45.0 Å². The topological polar surface area (TPSA) is 157 Å². The van der Waals surface area contributed by atoms with Crippen LogP contribution in [-0.4, -0.2) is 58.5 Å². The summed E-state index contributed by atoms with van der Waals surface area (Å²) in [5.41, 5.74) is 4.35. The van der Waals surface area contributed by atoms with E-state index in [0.717, 1.165) is 0 Å². The average molecular weight is 657 g/mol. The number of carbonyl (C=O) groups is 3. The van der Waals surface area contributed by atoms with Gasteiger partial charge in [-0.05, 0) is 94.8 Å². The Balaban J connectivity index is 1.90. The zero-order valence-corrected chi connectivity index (χ0v) is 27.6. The molecular weight excluding hydrogens is 620 g/mol. The van der Waals surface area contributed by atoms with Crippen LogP contribution in [0.3, 0.4) is 0 Å². The molecule has 0 spiro atoms. The summed E-state index contributed by atoms with van der Waals surface area (Å²) in [4.78, 5) is 39.8. The minimum atomic E-state index is -4.63. The number of hydrogen-bond acceptors (Lipinski definition) is 8. The summed E-state index contributed by atoms with van der Waals surface area (Å²) in [5.74, 6) is -1.39. The first-order chi connectivity index (χ1) is 21.1. The summed E-state index contributed by atoms with van der Waals surface area (Å²) in [6, 6.07) is 13.0. The number of nitrogens with two attached hydrogens (primary N) is 1. The Kier molecular flexibility index (Phi) is 9.53. The van der Waals surface area contributed by atoms with Gasteiger partial charge in [-0.25, -0.2) is 12.7 Å².